The van der Waals surface area contributed by atoms with Crippen LogP contribution >= 0.6 is 0 Å². The lowest BCUT2D eigenvalue weighted by Crippen LogP contribution is -2.41. The number of aliphatic hydroxyl groups excluding tert-OH is 1. The Morgan fingerprint density at radius 2 is 1.85 bits per heavy atom. The Balaban J connectivity index is 1.59. The molecule has 41 heavy (non-hydrogen) atoms. The third kappa shape index (κ3) is 4.17. The first-order chi connectivity index (χ1) is 19.5. The predicted octanol–water partition coefficient (Wildman–Crippen LogP) is 4.32. The second-order valence-corrected chi connectivity index (χ2v) is 12.1. The summed E-state index contributed by atoms with van der Waals surface area (Å²) < 4.78 is 13.0. The number of para-hydroxylation sites is 1. The summed E-state index contributed by atoms with van der Waals surface area (Å²) in [6, 6.07) is 12.9. The Bertz CT molecular complexity index is 1560. The molecule has 0 saturated carbocycles. The summed E-state index contributed by atoms with van der Waals surface area (Å²) in [7, 11) is 0. The minimum Gasteiger partial charge on any atom is -0.469 e. The van der Waals surface area contributed by atoms with Gasteiger partial charge in [-0.15, -0.1) is 0 Å². The molecule has 4 bridgehead atoms. The number of Topliss-reactive ketones (excluding diaryl/α,β-unsaturated/α-hetero) is 2. The molecule has 3 N–H and O–H groups in total. The molecule has 5 atom stereocenters. The van der Waals surface area contributed by atoms with E-state index in [1.165, 1.54) is 6.92 Å². The first-order valence-corrected chi connectivity index (χ1v) is 14.2. The Hall–Kier alpha value is -3.98. The van der Waals surface area contributed by atoms with Crippen LogP contribution in [0.4, 0.5) is 5.69 Å². The highest BCUT2D eigenvalue weighted by atomic mass is 16.5. The van der Waals surface area contributed by atoms with Crippen molar-refractivity contribution in [2.45, 2.75) is 71.2 Å². The molecule has 9 heteroatoms. The number of aliphatic hydroxyl groups is 1. The van der Waals surface area contributed by atoms with E-state index >= 15 is 0 Å². The van der Waals surface area contributed by atoms with E-state index in [1.807, 2.05) is 56.3 Å². The number of benzene rings is 2. The van der Waals surface area contributed by atoms with E-state index in [0.29, 0.717) is 11.5 Å². The fourth-order valence-corrected chi connectivity index (χ4v) is 6.39. The van der Waals surface area contributed by atoms with E-state index in [-0.39, 0.29) is 53.7 Å². The maximum atomic E-state index is 13.8. The Kier molecular flexibility index (Phi) is 6.53. The molecule has 3 aliphatic rings. The third-order valence-electron chi connectivity index (χ3n) is 8.57. The van der Waals surface area contributed by atoms with Crippen LogP contribution in [0.1, 0.15) is 85.9 Å². The van der Waals surface area contributed by atoms with Crippen molar-refractivity contribution in [3.05, 3.63) is 76.5 Å². The minimum atomic E-state index is -1.16. The van der Waals surface area contributed by atoms with Gasteiger partial charge in [-0.3, -0.25) is 14.4 Å². The van der Waals surface area contributed by atoms with Crippen molar-refractivity contribution in [3.63, 3.8) is 0 Å². The molecule has 0 radical (unpaired) electrons. The topological polar surface area (TPSA) is 131 Å². The van der Waals surface area contributed by atoms with Crippen molar-refractivity contribution in [2.75, 3.05) is 5.32 Å². The van der Waals surface area contributed by atoms with Crippen molar-refractivity contribution >= 4 is 23.2 Å². The summed E-state index contributed by atoms with van der Waals surface area (Å²) in [6.07, 6.45) is -1.58. The van der Waals surface area contributed by atoms with Gasteiger partial charge in [-0.2, -0.15) is 0 Å². The van der Waals surface area contributed by atoms with Crippen molar-refractivity contribution in [3.8, 4) is 5.75 Å². The molecule has 1 spiro atoms. The molecule has 0 aliphatic carbocycles. The number of hydrogen-bond donors (Lipinski definition) is 3. The first-order valence-electron chi connectivity index (χ1n) is 14.2. The molecule has 0 saturated heterocycles. The number of oxazole rings is 1. The molecule has 3 aromatic rings. The monoisotopic (exact) mass is 557 g/mol. The molecular weight excluding hydrogens is 522 g/mol. The average molecular weight is 558 g/mol. The van der Waals surface area contributed by atoms with Crippen LogP contribution in [-0.4, -0.2) is 39.9 Å². The van der Waals surface area contributed by atoms with Gasteiger partial charge in [0.15, 0.2) is 23.6 Å². The van der Waals surface area contributed by atoms with Crippen molar-refractivity contribution in [2.24, 2.45) is 17.8 Å². The maximum absolute atomic E-state index is 13.8. The number of carbonyl (C=O) groups is 3. The highest BCUT2D eigenvalue weighted by Gasteiger charge is 2.61. The first kappa shape index (κ1) is 27.2. The van der Waals surface area contributed by atoms with Crippen LogP contribution in [0.25, 0.3) is 0 Å². The molecule has 2 aromatic carbocycles. The van der Waals surface area contributed by atoms with Gasteiger partial charge in [0, 0.05) is 30.5 Å². The number of fused-ring (bicyclic) bond motifs is 4. The lowest BCUT2D eigenvalue weighted by atomic mass is 9.72. The lowest BCUT2D eigenvalue weighted by Gasteiger charge is -2.28. The lowest BCUT2D eigenvalue weighted by molar-refractivity contribution is -0.135. The Morgan fingerprint density at radius 3 is 2.56 bits per heavy atom. The number of aromatic nitrogens is 1. The summed E-state index contributed by atoms with van der Waals surface area (Å²) in [4.78, 5) is 44.6. The average Bonchev–Trinajstić information content (AvgIpc) is 3.59. The number of anilines is 1. The van der Waals surface area contributed by atoms with Gasteiger partial charge in [0.1, 0.15) is 29.0 Å². The molecule has 1 aromatic heterocycles. The number of ketones is 2. The maximum Gasteiger partial charge on any atom is 0.224 e. The second-order valence-electron chi connectivity index (χ2n) is 12.1. The summed E-state index contributed by atoms with van der Waals surface area (Å²) >= 11 is 0. The number of carbonyl (C=O) groups excluding carboxylic acids is 3. The molecular formula is C32H35N3O6. The quantitative estimate of drug-likeness (QED) is 0.382. The summed E-state index contributed by atoms with van der Waals surface area (Å²) in [5.41, 5.74) is 2.59. The van der Waals surface area contributed by atoms with E-state index in [4.69, 9.17) is 14.1 Å². The molecule has 6 rings (SSSR count). The van der Waals surface area contributed by atoms with E-state index in [2.05, 4.69) is 10.6 Å². The fourth-order valence-electron chi connectivity index (χ4n) is 6.39. The Morgan fingerprint density at radius 1 is 1.10 bits per heavy atom. The summed E-state index contributed by atoms with van der Waals surface area (Å²) in [5, 5.41) is 17.0. The van der Waals surface area contributed by atoms with Crippen LogP contribution in [0.5, 0.6) is 5.75 Å². The van der Waals surface area contributed by atoms with Gasteiger partial charge in [0.05, 0.1) is 0 Å². The zero-order valence-corrected chi connectivity index (χ0v) is 23.9. The van der Waals surface area contributed by atoms with Crippen LogP contribution in [-0.2, 0) is 21.4 Å². The summed E-state index contributed by atoms with van der Waals surface area (Å²) in [5.74, 6) is -0.866. The number of nitrogens with one attached hydrogen (secondary N) is 2. The van der Waals surface area contributed by atoms with Crippen LogP contribution in [0.15, 0.2) is 46.9 Å². The van der Waals surface area contributed by atoms with Crippen LogP contribution in [0.3, 0.4) is 0 Å². The molecule has 0 fully saturated rings. The second kappa shape index (κ2) is 9.83. The SMILES string of the molecule is CC(=O)c1nc2oc1C13c4ccccc4N[C@H]1Oc1ccc(cc13)CC(CC(=O)[C@@H](O)C(C)C)C(=O)N[C@H]2C(C)C. The highest BCUT2D eigenvalue weighted by molar-refractivity contribution is 5.95. The third-order valence-corrected chi connectivity index (χ3v) is 8.57. The van der Waals surface area contributed by atoms with Crippen LogP contribution in [0.2, 0.25) is 0 Å². The smallest absolute Gasteiger partial charge is 0.224 e. The van der Waals surface area contributed by atoms with Gasteiger partial charge >= 0.3 is 0 Å². The van der Waals surface area contributed by atoms with Gasteiger partial charge in [-0.25, -0.2) is 4.98 Å². The molecule has 2 unspecified atom stereocenters. The number of nitrogens with zero attached hydrogens (tertiary/aromatic N) is 1. The van der Waals surface area contributed by atoms with Gasteiger partial charge in [0.2, 0.25) is 11.8 Å². The molecule has 214 valence electrons. The van der Waals surface area contributed by atoms with E-state index in [0.717, 1.165) is 22.4 Å². The highest BCUT2D eigenvalue weighted by Crippen LogP contribution is 2.58. The standard InChI is InChI=1S/C32H35N3O6/c1-15(2)25-30-35-26(17(5)36)28(41-30)32-20-8-6-7-9-22(20)33-31(32)40-24-11-10-18(13-21(24)32)12-19(29(39)34-25)14-23(37)27(38)16(3)4/h6-11,13,15-16,19,25,27,31,33,38H,12,14H2,1-5H3,(H,34,39)/t19?,25-,27-,31-,32?/m0/s1. The minimum absolute atomic E-state index is 0.114. The number of rotatable bonds is 6. The van der Waals surface area contributed by atoms with E-state index in [1.54, 1.807) is 13.8 Å². The van der Waals surface area contributed by atoms with Crippen molar-refractivity contribution < 1.29 is 28.6 Å². The van der Waals surface area contributed by atoms with Crippen LogP contribution < -0.4 is 15.4 Å². The normalized spacial score (nSPS) is 24.9. The fraction of sp³-hybridized carbons (Fsp3) is 0.438. The number of amides is 1. The van der Waals surface area contributed by atoms with Gasteiger partial charge in [-0.05, 0) is 41.5 Å². The molecule has 1 amide bonds. The van der Waals surface area contributed by atoms with Crippen LogP contribution in [0, 0.1) is 17.8 Å². The van der Waals surface area contributed by atoms with Gasteiger partial charge in [-0.1, -0.05) is 58.0 Å². The van der Waals surface area contributed by atoms with Crippen molar-refractivity contribution in [1.82, 2.24) is 10.3 Å². The largest absolute Gasteiger partial charge is 0.469 e. The Labute approximate surface area is 238 Å². The van der Waals surface area contributed by atoms with Gasteiger partial charge < -0.3 is 24.9 Å². The van der Waals surface area contributed by atoms with Crippen molar-refractivity contribution in [1.29, 1.82) is 0 Å². The summed E-state index contributed by atoms with van der Waals surface area (Å²) in [6.45, 7) is 8.87. The van der Waals surface area contributed by atoms with E-state index in [9.17, 15) is 19.5 Å². The molecule has 9 nitrogen and oxygen atoms in total. The van der Waals surface area contributed by atoms with Gasteiger partial charge in [0.25, 0.3) is 0 Å². The molecule has 3 aliphatic heterocycles. The van der Waals surface area contributed by atoms with E-state index < -0.39 is 29.7 Å². The predicted molar refractivity (Wildman–Crippen MR) is 151 cm³/mol. The number of ether oxygens (including phenoxy) is 1. The number of hydrogen-bond acceptors (Lipinski definition) is 8. The molecule has 4 heterocycles. The zero-order valence-electron chi connectivity index (χ0n) is 23.9. The zero-order chi connectivity index (χ0) is 29.2.